The van der Waals surface area contributed by atoms with Crippen molar-refractivity contribution < 1.29 is 19.1 Å². The lowest BCUT2D eigenvalue weighted by molar-refractivity contribution is -0.139. The lowest BCUT2D eigenvalue weighted by Crippen LogP contribution is -2.47. The fourth-order valence-corrected chi connectivity index (χ4v) is 5.22. The Morgan fingerprint density at radius 2 is 1.79 bits per heavy atom. The van der Waals surface area contributed by atoms with Gasteiger partial charge in [0.15, 0.2) is 11.5 Å². The summed E-state index contributed by atoms with van der Waals surface area (Å²) in [5.41, 5.74) is 2.05. The maximum Gasteiger partial charge on any atom is 0.247 e. The smallest absolute Gasteiger partial charge is 0.247 e. The van der Waals surface area contributed by atoms with Crippen LogP contribution in [0, 0.1) is 0 Å². The Morgan fingerprint density at radius 3 is 2.41 bits per heavy atom. The Bertz CT molecular complexity index is 849. The number of ether oxygens (including phenoxy) is 2. The van der Waals surface area contributed by atoms with Gasteiger partial charge in [-0.2, -0.15) is 0 Å². The minimum Gasteiger partial charge on any atom is -0.493 e. The fourth-order valence-electron chi connectivity index (χ4n) is 5.07. The largest absolute Gasteiger partial charge is 0.493 e. The normalized spacial score (nSPS) is 17.8. The van der Waals surface area contributed by atoms with E-state index < -0.39 is 6.04 Å². The molecule has 0 saturated heterocycles. The number of carbonyl (C=O) groups is 2. The topological polar surface area (TPSA) is 67.9 Å². The first-order valence-electron chi connectivity index (χ1n) is 12.6. The number of carbonyl (C=O) groups excluding carboxylic acids is 2. The van der Waals surface area contributed by atoms with Crippen molar-refractivity contribution in [1.82, 2.24) is 10.2 Å². The van der Waals surface area contributed by atoms with E-state index in [9.17, 15) is 9.59 Å². The van der Waals surface area contributed by atoms with Gasteiger partial charge in [-0.3, -0.25) is 9.59 Å². The first-order valence-corrected chi connectivity index (χ1v) is 13.2. The molecule has 0 spiro atoms. The summed E-state index contributed by atoms with van der Waals surface area (Å²) in [5.74, 6) is 0.542. The van der Waals surface area contributed by atoms with Crippen LogP contribution in [0.1, 0.15) is 82.2 Å². The Morgan fingerprint density at radius 1 is 1.06 bits per heavy atom. The van der Waals surface area contributed by atoms with Crippen LogP contribution in [-0.4, -0.2) is 49.4 Å². The molecule has 3 rings (SSSR count). The van der Waals surface area contributed by atoms with Crippen LogP contribution in [-0.2, 0) is 9.59 Å². The molecule has 0 radical (unpaired) electrons. The Balaban J connectivity index is 1.92. The molecule has 0 unspecified atom stereocenters. The first kappa shape index (κ1) is 26.4. The number of benzene rings is 1. The minimum absolute atomic E-state index is 0.131. The van der Waals surface area contributed by atoms with Crippen molar-refractivity contribution in [3.05, 3.63) is 35.4 Å². The highest BCUT2D eigenvalue weighted by molar-refractivity contribution is 6.27. The number of allylic oxidation sites excluding steroid dienone is 1. The van der Waals surface area contributed by atoms with Crippen molar-refractivity contribution in [2.24, 2.45) is 0 Å². The maximum atomic E-state index is 13.8. The fraction of sp³-hybridized carbons (Fsp3) is 0.630. The van der Waals surface area contributed by atoms with E-state index in [0.29, 0.717) is 23.6 Å². The predicted molar refractivity (Wildman–Crippen MR) is 136 cm³/mol. The summed E-state index contributed by atoms with van der Waals surface area (Å²) in [5, 5.41) is 3.26. The summed E-state index contributed by atoms with van der Waals surface area (Å²) < 4.78 is 10.9. The van der Waals surface area contributed by atoms with Crippen molar-refractivity contribution >= 4 is 23.4 Å². The molecule has 2 aliphatic carbocycles. The molecular weight excluding hydrogens is 452 g/mol. The lowest BCUT2D eigenvalue weighted by atomic mass is 9.96. The summed E-state index contributed by atoms with van der Waals surface area (Å²) in [6, 6.07) is 4.77. The third-order valence-electron chi connectivity index (χ3n) is 6.98. The van der Waals surface area contributed by atoms with Crippen molar-refractivity contribution in [1.29, 1.82) is 0 Å². The van der Waals surface area contributed by atoms with Gasteiger partial charge in [-0.1, -0.05) is 43.4 Å². The molecule has 1 fully saturated rings. The molecule has 34 heavy (non-hydrogen) atoms. The van der Waals surface area contributed by atoms with Crippen LogP contribution in [0.2, 0.25) is 0 Å². The van der Waals surface area contributed by atoms with Crippen LogP contribution in [0.5, 0.6) is 11.5 Å². The number of halogens is 1. The molecular formula is C27H39ClN2O4. The molecule has 0 aromatic heterocycles. The number of methoxy groups -OCH3 is 2. The minimum atomic E-state index is -0.779. The average molecular weight is 491 g/mol. The van der Waals surface area contributed by atoms with Crippen LogP contribution in [0.25, 0.3) is 0 Å². The van der Waals surface area contributed by atoms with E-state index in [1.54, 1.807) is 31.3 Å². The van der Waals surface area contributed by atoms with E-state index in [-0.39, 0.29) is 23.7 Å². The molecule has 1 saturated carbocycles. The summed E-state index contributed by atoms with van der Waals surface area (Å²) in [6.07, 6.45) is 14.2. The average Bonchev–Trinajstić information content (AvgIpc) is 3.14. The van der Waals surface area contributed by atoms with E-state index in [2.05, 4.69) is 11.4 Å². The van der Waals surface area contributed by atoms with Gasteiger partial charge in [0.2, 0.25) is 11.8 Å². The molecule has 0 aliphatic heterocycles. The molecule has 0 heterocycles. The number of rotatable bonds is 10. The van der Waals surface area contributed by atoms with E-state index >= 15 is 0 Å². The van der Waals surface area contributed by atoms with Crippen LogP contribution >= 0.6 is 11.6 Å². The van der Waals surface area contributed by atoms with Gasteiger partial charge in [0, 0.05) is 12.6 Å². The molecule has 1 N–H and O–H groups in total. The quantitative estimate of drug-likeness (QED) is 0.265. The lowest BCUT2D eigenvalue weighted by Gasteiger charge is -2.33. The van der Waals surface area contributed by atoms with E-state index in [0.717, 1.165) is 44.9 Å². The predicted octanol–water partition coefficient (Wildman–Crippen LogP) is 5.54. The SMILES string of the molecule is COc1ccc([C@@H](C(=O)NC2CCCCCC2)N(CCC2=CCCCC2)C(=O)CCl)cc1OC. The van der Waals surface area contributed by atoms with Crippen LogP contribution in [0.4, 0.5) is 0 Å². The van der Waals surface area contributed by atoms with Gasteiger partial charge in [0.25, 0.3) is 0 Å². The van der Waals surface area contributed by atoms with Gasteiger partial charge in [0.1, 0.15) is 11.9 Å². The second-order valence-corrected chi connectivity index (χ2v) is 9.56. The Hall–Kier alpha value is -2.21. The molecule has 1 aromatic carbocycles. The second-order valence-electron chi connectivity index (χ2n) is 9.29. The van der Waals surface area contributed by atoms with Crippen molar-refractivity contribution in [3.63, 3.8) is 0 Å². The molecule has 0 bridgehead atoms. The summed E-state index contributed by atoms with van der Waals surface area (Å²) in [6.45, 7) is 0.453. The Kier molecular flexibility index (Phi) is 10.6. The molecule has 6 nitrogen and oxygen atoms in total. The summed E-state index contributed by atoms with van der Waals surface area (Å²) >= 11 is 6.04. The molecule has 188 valence electrons. The Labute approximate surface area is 209 Å². The number of hydrogen-bond donors (Lipinski definition) is 1. The van der Waals surface area contributed by atoms with E-state index in [4.69, 9.17) is 21.1 Å². The zero-order chi connectivity index (χ0) is 24.3. The van der Waals surface area contributed by atoms with Gasteiger partial charge in [-0.05, 0) is 62.6 Å². The highest BCUT2D eigenvalue weighted by Gasteiger charge is 2.33. The summed E-state index contributed by atoms with van der Waals surface area (Å²) in [7, 11) is 3.15. The molecule has 2 aliphatic rings. The highest BCUT2D eigenvalue weighted by Crippen LogP contribution is 2.33. The highest BCUT2D eigenvalue weighted by atomic mass is 35.5. The van der Waals surface area contributed by atoms with E-state index in [1.165, 1.54) is 31.3 Å². The van der Waals surface area contributed by atoms with Gasteiger partial charge in [-0.15, -0.1) is 11.6 Å². The van der Waals surface area contributed by atoms with Crippen LogP contribution in [0.15, 0.2) is 29.8 Å². The number of nitrogens with zero attached hydrogens (tertiary/aromatic N) is 1. The van der Waals surface area contributed by atoms with Crippen molar-refractivity contribution in [3.8, 4) is 11.5 Å². The number of hydrogen-bond acceptors (Lipinski definition) is 4. The van der Waals surface area contributed by atoms with Crippen LogP contribution < -0.4 is 14.8 Å². The maximum absolute atomic E-state index is 13.8. The van der Waals surface area contributed by atoms with E-state index in [1.807, 2.05) is 6.07 Å². The number of amides is 2. The van der Waals surface area contributed by atoms with Crippen LogP contribution in [0.3, 0.4) is 0 Å². The van der Waals surface area contributed by atoms with Gasteiger partial charge < -0.3 is 19.7 Å². The standard InChI is InChI=1S/C27H39ClN2O4/c1-33-23-15-14-21(18-24(23)34-2)26(27(32)29-22-12-8-3-4-9-13-22)30(25(31)19-28)17-16-20-10-6-5-7-11-20/h10,14-15,18,22,26H,3-9,11-13,16-17,19H2,1-2H3,(H,29,32)/t26-/m0/s1. The molecule has 1 atom stereocenters. The number of alkyl halides is 1. The third-order valence-corrected chi connectivity index (χ3v) is 7.21. The van der Waals surface area contributed by atoms with Gasteiger partial charge in [0.05, 0.1) is 14.2 Å². The van der Waals surface area contributed by atoms with Crippen molar-refractivity contribution in [2.75, 3.05) is 26.6 Å². The van der Waals surface area contributed by atoms with Gasteiger partial charge in [-0.25, -0.2) is 0 Å². The monoisotopic (exact) mass is 490 g/mol. The van der Waals surface area contributed by atoms with Crippen molar-refractivity contribution in [2.45, 2.75) is 82.7 Å². The first-order chi connectivity index (χ1) is 16.6. The zero-order valence-electron chi connectivity index (χ0n) is 20.6. The summed E-state index contributed by atoms with van der Waals surface area (Å²) in [4.78, 5) is 28.5. The third kappa shape index (κ3) is 7.14. The number of nitrogens with one attached hydrogen (secondary N) is 1. The van der Waals surface area contributed by atoms with Gasteiger partial charge >= 0.3 is 0 Å². The zero-order valence-corrected chi connectivity index (χ0v) is 21.4. The molecule has 2 amide bonds. The molecule has 1 aromatic rings. The second kappa shape index (κ2) is 13.6. The molecule has 7 heteroatoms.